The minimum Gasteiger partial charge on any atom is -0.493 e. The van der Waals surface area contributed by atoms with Gasteiger partial charge in [0.05, 0.1) is 25.6 Å². The molecule has 0 bridgehead atoms. The smallest absolute Gasteiger partial charge is 0.277 e. The third-order valence-corrected chi connectivity index (χ3v) is 5.71. The van der Waals surface area contributed by atoms with Gasteiger partial charge in [0.25, 0.3) is 5.91 Å². The number of anilines is 1. The number of hydrogen-bond donors (Lipinski definition) is 1. The normalized spacial score (nSPS) is 11.7. The van der Waals surface area contributed by atoms with Gasteiger partial charge in [-0.05, 0) is 42.0 Å². The third kappa shape index (κ3) is 3.27. The molecule has 0 unspecified atom stereocenters. The van der Waals surface area contributed by atoms with Crippen molar-refractivity contribution in [2.75, 3.05) is 19.5 Å². The van der Waals surface area contributed by atoms with E-state index in [0.717, 1.165) is 32.5 Å². The predicted molar refractivity (Wildman–Crippen MR) is 117 cm³/mol. The number of aromatic nitrogens is 3. The standard InChI is InChI=1S/C22H17BrN4O4/c1-29-17-10-12-9-16-20(22(28)24-19-7-8-31-26-19)25-27(14-5-3-13(23)4-6-14)21(16)15(12)11-18(17)30-2/h3-8,10-11H,9H2,1-2H3,(H,24,26,28). The largest absolute Gasteiger partial charge is 0.493 e. The summed E-state index contributed by atoms with van der Waals surface area (Å²) in [4.78, 5) is 13.0. The van der Waals surface area contributed by atoms with Crippen LogP contribution in [0.3, 0.4) is 0 Å². The highest BCUT2D eigenvalue weighted by atomic mass is 79.9. The molecule has 1 aliphatic carbocycles. The fraction of sp³-hybridized carbons (Fsp3) is 0.136. The van der Waals surface area contributed by atoms with Gasteiger partial charge in [-0.1, -0.05) is 21.1 Å². The molecule has 1 amide bonds. The first-order valence-corrected chi connectivity index (χ1v) is 10.2. The highest BCUT2D eigenvalue weighted by molar-refractivity contribution is 9.10. The Morgan fingerprint density at radius 1 is 1.13 bits per heavy atom. The highest BCUT2D eigenvalue weighted by Crippen LogP contribution is 2.44. The van der Waals surface area contributed by atoms with Crippen molar-refractivity contribution in [3.05, 3.63) is 70.0 Å². The Kier molecular flexibility index (Phi) is 4.74. The maximum Gasteiger partial charge on any atom is 0.277 e. The lowest BCUT2D eigenvalue weighted by Gasteiger charge is -2.12. The van der Waals surface area contributed by atoms with Crippen LogP contribution in [0.15, 0.2) is 57.7 Å². The van der Waals surface area contributed by atoms with E-state index in [-0.39, 0.29) is 5.91 Å². The highest BCUT2D eigenvalue weighted by Gasteiger charge is 2.32. The molecule has 0 atom stereocenters. The molecule has 0 radical (unpaired) electrons. The van der Waals surface area contributed by atoms with Crippen LogP contribution in [0.25, 0.3) is 16.9 Å². The Morgan fingerprint density at radius 3 is 2.55 bits per heavy atom. The van der Waals surface area contributed by atoms with Crippen LogP contribution in [0.5, 0.6) is 11.5 Å². The van der Waals surface area contributed by atoms with E-state index in [2.05, 4.69) is 31.5 Å². The number of methoxy groups -OCH3 is 2. The zero-order chi connectivity index (χ0) is 21.5. The molecule has 0 saturated carbocycles. The predicted octanol–water partition coefficient (Wildman–Crippen LogP) is 4.46. The van der Waals surface area contributed by atoms with E-state index in [1.165, 1.54) is 6.26 Å². The lowest BCUT2D eigenvalue weighted by atomic mass is 10.1. The second kappa shape index (κ2) is 7.59. The molecular weight excluding hydrogens is 464 g/mol. The number of benzene rings is 2. The van der Waals surface area contributed by atoms with Crippen molar-refractivity contribution in [2.45, 2.75) is 6.42 Å². The van der Waals surface area contributed by atoms with E-state index < -0.39 is 0 Å². The van der Waals surface area contributed by atoms with Gasteiger partial charge in [-0.3, -0.25) is 4.79 Å². The second-order valence-electron chi connectivity index (χ2n) is 6.94. The maximum atomic E-state index is 13.0. The number of amides is 1. The molecule has 8 nitrogen and oxygen atoms in total. The van der Waals surface area contributed by atoms with E-state index >= 15 is 0 Å². The molecule has 4 aromatic rings. The first-order chi connectivity index (χ1) is 15.1. The Morgan fingerprint density at radius 2 is 1.87 bits per heavy atom. The van der Waals surface area contributed by atoms with Crippen molar-refractivity contribution in [1.29, 1.82) is 0 Å². The molecule has 0 spiro atoms. The van der Waals surface area contributed by atoms with E-state index in [9.17, 15) is 4.79 Å². The Bertz CT molecular complexity index is 1280. The van der Waals surface area contributed by atoms with Crippen LogP contribution < -0.4 is 14.8 Å². The molecule has 0 aliphatic heterocycles. The van der Waals surface area contributed by atoms with Crippen LogP contribution in [0.4, 0.5) is 5.82 Å². The van der Waals surface area contributed by atoms with Gasteiger partial charge < -0.3 is 19.3 Å². The van der Waals surface area contributed by atoms with E-state index in [1.807, 2.05) is 36.4 Å². The first kappa shape index (κ1) is 19.4. The number of rotatable bonds is 5. The molecule has 1 N–H and O–H groups in total. The first-order valence-electron chi connectivity index (χ1n) is 9.44. The van der Waals surface area contributed by atoms with Crippen molar-refractivity contribution in [2.24, 2.45) is 0 Å². The van der Waals surface area contributed by atoms with Crippen molar-refractivity contribution in [1.82, 2.24) is 14.9 Å². The monoisotopic (exact) mass is 480 g/mol. The van der Waals surface area contributed by atoms with Gasteiger partial charge in [0.2, 0.25) is 0 Å². The van der Waals surface area contributed by atoms with Crippen LogP contribution in [0, 0.1) is 0 Å². The zero-order valence-corrected chi connectivity index (χ0v) is 18.3. The summed E-state index contributed by atoms with van der Waals surface area (Å²) in [5.41, 5.74) is 4.82. The fourth-order valence-electron chi connectivity index (χ4n) is 3.78. The van der Waals surface area contributed by atoms with Gasteiger partial charge in [-0.25, -0.2) is 4.68 Å². The molecule has 2 heterocycles. The van der Waals surface area contributed by atoms with Crippen molar-refractivity contribution in [3.63, 3.8) is 0 Å². The quantitative estimate of drug-likeness (QED) is 0.399. The number of carbonyl (C=O) groups is 1. The van der Waals surface area contributed by atoms with E-state index in [4.69, 9.17) is 14.0 Å². The molecule has 2 aromatic carbocycles. The second-order valence-corrected chi connectivity index (χ2v) is 7.86. The number of hydrogen-bond acceptors (Lipinski definition) is 6. The summed E-state index contributed by atoms with van der Waals surface area (Å²) in [6.07, 6.45) is 1.94. The summed E-state index contributed by atoms with van der Waals surface area (Å²) < 4.78 is 18.5. The minimum atomic E-state index is -0.354. The number of halogens is 1. The number of nitrogens with one attached hydrogen (secondary N) is 1. The van der Waals surface area contributed by atoms with Crippen molar-refractivity contribution < 1.29 is 18.8 Å². The average Bonchev–Trinajstić information content (AvgIpc) is 3.49. The van der Waals surface area contributed by atoms with Crippen molar-refractivity contribution >= 4 is 27.7 Å². The Labute approximate surface area is 185 Å². The lowest BCUT2D eigenvalue weighted by molar-refractivity contribution is 0.102. The minimum absolute atomic E-state index is 0.329. The summed E-state index contributed by atoms with van der Waals surface area (Å²) in [7, 11) is 3.20. The summed E-state index contributed by atoms with van der Waals surface area (Å²) in [5, 5.41) is 11.2. The van der Waals surface area contributed by atoms with Gasteiger partial charge in [-0.2, -0.15) is 5.10 Å². The van der Waals surface area contributed by atoms with Gasteiger partial charge in [-0.15, -0.1) is 0 Å². The molecular formula is C22H17BrN4O4. The number of carbonyl (C=O) groups excluding carboxylic acids is 1. The van der Waals surface area contributed by atoms with Crippen LogP contribution in [-0.4, -0.2) is 35.1 Å². The lowest BCUT2D eigenvalue weighted by Crippen LogP contribution is -2.15. The maximum absolute atomic E-state index is 13.0. The summed E-state index contributed by atoms with van der Waals surface area (Å²) >= 11 is 3.46. The van der Waals surface area contributed by atoms with Crippen LogP contribution in [0.2, 0.25) is 0 Å². The van der Waals surface area contributed by atoms with Crippen molar-refractivity contribution in [3.8, 4) is 28.4 Å². The molecule has 31 heavy (non-hydrogen) atoms. The number of ether oxygens (including phenoxy) is 2. The topological polar surface area (TPSA) is 91.4 Å². The molecule has 1 aliphatic rings. The Balaban J connectivity index is 1.68. The molecule has 9 heteroatoms. The SMILES string of the molecule is COc1cc2c(cc1OC)-c1c(c(C(=O)Nc3ccon3)nn1-c1ccc(Br)cc1)C2. The summed E-state index contributed by atoms with van der Waals surface area (Å²) in [5.74, 6) is 1.23. The molecule has 156 valence electrons. The summed E-state index contributed by atoms with van der Waals surface area (Å²) in [6.45, 7) is 0. The molecule has 5 rings (SSSR count). The van der Waals surface area contributed by atoms with Crippen LogP contribution in [0.1, 0.15) is 21.6 Å². The van der Waals surface area contributed by atoms with Gasteiger partial charge in [0.15, 0.2) is 23.0 Å². The zero-order valence-electron chi connectivity index (χ0n) is 16.7. The van der Waals surface area contributed by atoms with Gasteiger partial charge in [0.1, 0.15) is 6.26 Å². The Hall–Kier alpha value is -3.59. The third-order valence-electron chi connectivity index (χ3n) is 5.18. The fourth-order valence-corrected chi connectivity index (χ4v) is 4.04. The number of fused-ring (bicyclic) bond motifs is 3. The van der Waals surface area contributed by atoms with Gasteiger partial charge in [0, 0.05) is 28.1 Å². The number of nitrogens with zero attached hydrogens (tertiary/aromatic N) is 3. The average molecular weight is 481 g/mol. The van der Waals surface area contributed by atoms with E-state index in [0.29, 0.717) is 29.4 Å². The summed E-state index contributed by atoms with van der Waals surface area (Å²) in [6, 6.07) is 13.2. The van der Waals surface area contributed by atoms with Crippen LogP contribution >= 0.6 is 15.9 Å². The van der Waals surface area contributed by atoms with E-state index in [1.54, 1.807) is 25.0 Å². The molecule has 0 saturated heterocycles. The molecule has 2 aromatic heterocycles. The van der Waals surface area contributed by atoms with Gasteiger partial charge >= 0.3 is 0 Å². The van der Waals surface area contributed by atoms with Crippen LogP contribution in [-0.2, 0) is 6.42 Å². The molecule has 0 fully saturated rings.